The van der Waals surface area contributed by atoms with Gasteiger partial charge >= 0.3 is 0 Å². The van der Waals surface area contributed by atoms with E-state index in [1.165, 1.54) is 0 Å². The maximum Gasteiger partial charge on any atom is 0.227 e. The van der Waals surface area contributed by atoms with Gasteiger partial charge in [-0.2, -0.15) is 0 Å². The lowest BCUT2D eigenvalue weighted by atomic mass is 10.1. The molecule has 1 aromatic rings. The number of carbonyl (C=O) groups excluding carboxylic acids is 1. The van der Waals surface area contributed by atoms with Crippen molar-refractivity contribution in [3.05, 3.63) is 23.9 Å². The smallest absolute Gasteiger partial charge is 0.227 e. The summed E-state index contributed by atoms with van der Waals surface area (Å²) < 4.78 is 0. The van der Waals surface area contributed by atoms with Crippen LogP contribution in [0.15, 0.2) is 18.3 Å². The van der Waals surface area contributed by atoms with Crippen LogP contribution in [0.25, 0.3) is 0 Å². The molecule has 4 heteroatoms. The van der Waals surface area contributed by atoms with Crippen LogP contribution in [-0.2, 0) is 4.79 Å². The van der Waals surface area contributed by atoms with Crippen LogP contribution >= 0.6 is 0 Å². The van der Waals surface area contributed by atoms with Gasteiger partial charge in [0, 0.05) is 18.7 Å². The summed E-state index contributed by atoms with van der Waals surface area (Å²) in [6, 6.07) is 3.67. The molecule has 0 saturated heterocycles. The van der Waals surface area contributed by atoms with Crippen molar-refractivity contribution in [3.63, 3.8) is 0 Å². The van der Waals surface area contributed by atoms with Gasteiger partial charge in [-0.1, -0.05) is 13.0 Å². The van der Waals surface area contributed by atoms with Crippen LogP contribution in [0, 0.1) is 6.92 Å². The summed E-state index contributed by atoms with van der Waals surface area (Å²) in [5, 5.41) is 2.75. The van der Waals surface area contributed by atoms with E-state index in [0.29, 0.717) is 12.2 Å². The van der Waals surface area contributed by atoms with E-state index >= 15 is 0 Å². The van der Waals surface area contributed by atoms with Crippen molar-refractivity contribution in [2.24, 2.45) is 5.73 Å². The maximum atomic E-state index is 11.5. The van der Waals surface area contributed by atoms with E-state index in [2.05, 4.69) is 10.3 Å². The lowest BCUT2D eigenvalue weighted by Crippen LogP contribution is -2.26. The van der Waals surface area contributed by atoms with Gasteiger partial charge in [0.25, 0.3) is 0 Å². The molecule has 0 spiro atoms. The normalized spacial score (nSPS) is 12.2. The van der Waals surface area contributed by atoms with E-state index in [1.807, 2.05) is 26.0 Å². The fourth-order valence-corrected chi connectivity index (χ4v) is 1.18. The van der Waals surface area contributed by atoms with Gasteiger partial charge in [-0.05, 0) is 25.0 Å². The van der Waals surface area contributed by atoms with Gasteiger partial charge in [-0.15, -0.1) is 0 Å². The minimum atomic E-state index is -0.0776. The number of nitrogens with one attached hydrogen (secondary N) is 1. The van der Waals surface area contributed by atoms with Crippen molar-refractivity contribution < 1.29 is 4.79 Å². The molecule has 0 aliphatic heterocycles. The molecule has 1 aromatic heterocycles. The quantitative estimate of drug-likeness (QED) is 0.785. The Morgan fingerprint density at radius 3 is 3.00 bits per heavy atom. The van der Waals surface area contributed by atoms with Gasteiger partial charge in [-0.25, -0.2) is 4.98 Å². The van der Waals surface area contributed by atoms with Crippen molar-refractivity contribution in [3.8, 4) is 0 Å². The average molecular weight is 207 g/mol. The number of nitrogens with zero attached hydrogens (tertiary/aromatic N) is 1. The first-order valence-corrected chi connectivity index (χ1v) is 5.10. The third-order valence-electron chi connectivity index (χ3n) is 2.24. The van der Waals surface area contributed by atoms with E-state index in [4.69, 9.17) is 5.73 Å². The molecule has 1 heterocycles. The van der Waals surface area contributed by atoms with E-state index in [9.17, 15) is 4.79 Å². The highest BCUT2D eigenvalue weighted by Gasteiger charge is 2.09. The molecular formula is C11H17N3O. The SMILES string of the molecule is CCC(N)CC(=O)Nc1ncccc1C. The van der Waals surface area contributed by atoms with Crippen LogP contribution in [0.4, 0.5) is 5.82 Å². The number of aromatic nitrogens is 1. The van der Waals surface area contributed by atoms with E-state index in [0.717, 1.165) is 12.0 Å². The van der Waals surface area contributed by atoms with Gasteiger partial charge in [0.15, 0.2) is 0 Å². The van der Waals surface area contributed by atoms with E-state index in [1.54, 1.807) is 6.20 Å². The lowest BCUT2D eigenvalue weighted by Gasteiger charge is -2.09. The Balaban J connectivity index is 2.55. The zero-order chi connectivity index (χ0) is 11.3. The highest BCUT2D eigenvalue weighted by Crippen LogP contribution is 2.09. The largest absolute Gasteiger partial charge is 0.327 e. The number of pyridine rings is 1. The third kappa shape index (κ3) is 3.67. The van der Waals surface area contributed by atoms with Crippen molar-refractivity contribution in [2.45, 2.75) is 32.7 Å². The van der Waals surface area contributed by atoms with Gasteiger partial charge in [-0.3, -0.25) is 4.79 Å². The molecule has 1 rings (SSSR count). The summed E-state index contributed by atoms with van der Waals surface area (Å²) in [5.41, 5.74) is 6.64. The number of hydrogen-bond donors (Lipinski definition) is 2. The first-order valence-electron chi connectivity index (χ1n) is 5.10. The van der Waals surface area contributed by atoms with E-state index in [-0.39, 0.29) is 11.9 Å². The minimum absolute atomic E-state index is 0.0750. The number of anilines is 1. The second-order valence-electron chi connectivity index (χ2n) is 3.59. The second-order valence-corrected chi connectivity index (χ2v) is 3.59. The monoisotopic (exact) mass is 207 g/mol. The zero-order valence-corrected chi connectivity index (χ0v) is 9.16. The van der Waals surface area contributed by atoms with Crippen LogP contribution in [0.1, 0.15) is 25.3 Å². The molecule has 1 atom stereocenters. The number of rotatable bonds is 4. The molecule has 15 heavy (non-hydrogen) atoms. The summed E-state index contributed by atoms with van der Waals surface area (Å²) in [4.78, 5) is 15.6. The van der Waals surface area contributed by atoms with Gasteiger partial charge in [0.2, 0.25) is 5.91 Å². The summed E-state index contributed by atoms with van der Waals surface area (Å²) in [6.07, 6.45) is 2.80. The first kappa shape index (κ1) is 11.7. The summed E-state index contributed by atoms with van der Waals surface area (Å²) in [5.74, 6) is 0.539. The highest BCUT2D eigenvalue weighted by molar-refractivity contribution is 5.90. The number of aryl methyl sites for hydroxylation is 1. The lowest BCUT2D eigenvalue weighted by molar-refractivity contribution is -0.116. The van der Waals surface area contributed by atoms with Crippen LogP contribution in [-0.4, -0.2) is 16.9 Å². The van der Waals surface area contributed by atoms with Gasteiger partial charge in [0.1, 0.15) is 5.82 Å². The van der Waals surface area contributed by atoms with Crippen LogP contribution in [0.3, 0.4) is 0 Å². The summed E-state index contributed by atoms with van der Waals surface area (Å²) in [7, 11) is 0. The van der Waals surface area contributed by atoms with Crippen molar-refractivity contribution in [2.75, 3.05) is 5.32 Å². The molecule has 3 N–H and O–H groups in total. The Bertz CT molecular complexity index is 338. The number of hydrogen-bond acceptors (Lipinski definition) is 3. The molecular weight excluding hydrogens is 190 g/mol. The molecule has 82 valence electrons. The Morgan fingerprint density at radius 1 is 1.67 bits per heavy atom. The minimum Gasteiger partial charge on any atom is -0.327 e. The fraction of sp³-hybridized carbons (Fsp3) is 0.455. The Hall–Kier alpha value is -1.42. The van der Waals surface area contributed by atoms with Crippen LogP contribution < -0.4 is 11.1 Å². The number of carbonyl (C=O) groups is 1. The van der Waals surface area contributed by atoms with Gasteiger partial charge in [0.05, 0.1) is 0 Å². The van der Waals surface area contributed by atoms with E-state index < -0.39 is 0 Å². The second kappa shape index (κ2) is 5.46. The maximum absolute atomic E-state index is 11.5. The molecule has 0 saturated carbocycles. The molecule has 4 nitrogen and oxygen atoms in total. The molecule has 0 fully saturated rings. The molecule has 0 bridgehead atoms. The molecule has 1 amide bonds. The molecule has 0 aliphatic carbocycles. The van der Waals surface area contributed by atoms with Gasteiger partial charge < -0.3 is 11.1 Å². The fourth-order valence-electron chi connectivity index (χ4n) is 1.18. The van der Waals surface area contributed by atoms with Crippen LogP contribution in [0.2, 0.25) is 0 Å². The molecule has 1 unspecified atom stereocenters. The zero-order valence-electron chi connectivity index (χ0n) is 9.16. The molecule has 0 radical (unpaired) electrons. The van der Waals surface area contributed by atoms with Crippen LogP contribution in [0.5, 0.6) is 0 Å². The van der Waals surface area contributed by atoms with Crippen molar-refractivity contribution >= 4 is 11.7 Å². The summed E-state index contributed by atoms with van der Waals surface area (Å²) >= 11 is 0. The Morgan fingerprint density at radius 2 is 2.40 bits per heavy atom. The highest BCUT2D eigenvalue weighted by atomic mass is 16.1. The number of nitrogens with two attached hydrogens (primary N) is 1. The summed E-state index contributed by atoms with van der Waals surface area (Å²) in [6.45, 7) is 3.87. The Labute approximate surface area is 89.9 Å². The Kier molecular flexibility index (Phi) is 4.24. The molecule has 0 aromatic carbocycles. The standard InChI is InChI=1S/C11H17N3O/c1-3-9(12)7-10(15)14-11-8(2)5-4-6-13-11/h4-6,9H,3,7,12H2,1-2H3,(H,13,14,15). The topological polar surface area (TPSA) is 68.0 Å². The third-order valence-corrected chi connectivity index (χ3v) is 2.24. The predicted octanol–water partition coefficient (Wildman–Crippen LogP) is 1.46. The first-order chi connectivity index (χ1) is 7.13. The molecule has 0 aliphatic rings. The average Bonchev–Trinajstić information content (AvgIpc) is 2.21. The van der Waals surface area contributed by atoms with Crippen molar-refractivity contribution in [1.82, 2.24) is 4.98 Å². The number of amides is 1. The van der Waals surface area contributed by atoms with Crippen molar-refractivity contribution in [1.29, 1.82) is 0 Å². The predicted molar refractivity (Wildman–Crippen MR) is 60.5 cm³/mol.